The molecule has 0 fully saturated rings. The number of carbonyl (C=O) groups excluding carboxylic acids is 2. The fourth-order valence-corrected chi connectivity index (χ4v) is 3.09. The largest absolute Gasteiger partial charge is 0.469 e. The Morgan fingerprint density at radius 3 is 1.89 bits per heavy atom. The number of allylic oxidation sites excluding steroid dienone is 2. The number of rotatable bonds is 19. The van der Waals surface area contributed by atoms with Gasteiger partial charge in [-0.15, -0.1) is 0 Å². The van der Waals surface area contributed by atoms with Crippen molar-refractivity contribution >= 4 is 11.8 Å². The molecule has 0 aromatic carbocycles. The van der Waals surface area contributed by atoms with Crippen LogP contribution < -0.4 is 5.73 Å². The van der Waals surface area contributed by atoms with Crippen molar-refractivity contribution in [2.45, 2.75) is 116 Å². The number of carbonyl (C=O) groups is 2. The Bertz CT molecular complexity index is 393. The lowest BCUT2D eigenvalue weighted by molar-refractivity contribution is -0.140. The van der Waals surface area contributed by atoms with E-state index in [1.807, 2.05) is 0 Å². The van der Waals surface area contributed by atoms with E-state index in [2.05, 4.69) is 23.8 Å². The fraction of sp³-hybridized carbons (Fsp3) is 0.826. The summed E-state index contributed by atoms with van der Waals surface area (Å²) < 4.78 is 4.56. The zero-order chi connectivity index (χ0) is 20.2. The molecule has 2 N–H and O–H groups in total. The van der Waals surface area contributed by atoms with Gasteiger partial charge in [0.1, 0.15) is 5.78 Å². The van der Waals surface area contributed by atoms with Gasteiger partial charge in [0.15, 0.2) is 0 Å². The number of esters is 1. The predicted octanol–water partition coefficient (Wildman–Crippen LogP) is 5.87. The minimum Gasteiger partial charge on any atom is -0.469 e. The van der Waals surface area contributed by atoms with E-state index in [0.717, 1.165) is 12.8 Å². The third-order valence-corrected chi connectivity index (χ3v) is 4.99. The van der Waals surface area contributed by atoms with Gasteiger partial charge in [-0.05, 0) is 38.5 Å². The van der Waals surface area contributed by atoms with Gasteiger partial charge in [-0.25, -0.2) is 0 Å². The number of methoxy groups -OCH3 is 1. The Kier molecular flexibility index (Phi) is 18.8. The van der Waals surface area contributed by atoms with E-state index >= 15 is 0 Å². The van der Waals surface area contributed by atoms with E-state index in [0.29, 0.717) is 12.8 Å². The first kappa shape index (κ1) is 25.8. The number of ether oxygens (including phenoxy) is 1. The van der Waals surface area contributed by atoms with E-state index < -0.39 is 6.04 Å². The van der Waals surface area contributed by atoms with E-state index in [1.165, 1.54) is 77.7 Å². The standard InChI is InChI=1S/C23H43NO3/c1-3-4-5-6-7-8-9-10-11-12-13-14-15-16-17-18-22(25)21(24)19-20-23(26)27-2/h10-11,21H,3-9,12-20,24H2,1-2H3/b11-10-. The first-order valence-corrected chi connectivity index (χ1v) is 11.1. The summed E-state index contributed by atoms with van der Waals surface area (Å²) in [4.78, 5) is 22.9. The highest BCUT2D eigenvalue weighted by molar-refractivity contribution is 5.84. The zero-order valence-electron chi connectivity index (χ0n) is 17.8. The Morgan fingerprint density at radius 2 is 1.33 bits per heavy atom. The van der Waals surface area contributed by atoms with Crippen molar-refractivity contribution in [1.82, 2.24) is 0 Å². The number of Topliss-reactive ketones (excluding diaryl/α,β-unsaturated/α-hetero) is 1. The maximum atomic E-state index is 11.9. The molecule has 0 aromatic heterocycles. The molecule has 27 heavy (non-hydrogen) atoms. The van der Waals surface area contributed by atoms with E-state index in [4.69, 9.17) is 5.73 Å². The number of hydrogen-bond acceptors (Lipinski definition) is 4. The first-order chi connectivity index (χ1) is 13.1. The summed E-state index contributed by atoms with van der Waals surface area (Å²) in [6.07, 6.45) is 22.0. The van der Waals surface area contributed by atoms with Gasteiger partial charge in [-0.2, -0.15) is 0 Å². The van der Waals surface area contributed by atoms with Crippen molar-refractivity contribution in [3.63, 3.8) is 0 Å². The molecule has 0 aromatic rings. The molecule has 0 radical (unpaired) electrons. The minimum absolute atomic E-state index is 0.0662. The number of hydrogen-bond donors (Lipinski definition) is 1. The third kappa shape index (κ3) is 18.0. The van der Waals surface area contributed by atoms with Gasteiger partial charge in [-0.1, -0.05) is 70.4 Å². The van der Waals surface area contributed by atoms with E-state index in [1.54, 1.807) is 0 Å². The van der Waals surface area contributed by atoms with Gasteiger partial charge >= 0.3 is 5.97 Å². The van der Waals surface area contributed by atoms with Crippen LogP contribution in [0.5, 0.6) is 0 Å². The summed E-state index contributed by atoms with van der Waals surface area (Å²) in [5.41, 5.74) is 5.82. The molecule has 0 heterocycles. The second-order valence-corrected chi connectivity index (χ2v) is 7.52. The molecule has 0 bridgehead atoms. The average molecular weight is 382 g/mol. The van der Waals surface area contributed by atoms with Gasteiger partial charge in [0.25, 0.3) is 0 Å². The lowest BCUT2D eigenvalue weighted by Crippen LogP contribution is -2.31. The second kappa shape index (κ2) is 19.6. The Labute approximate surface area is 167 Å². The average Bonchev–Trinajstić information content (AvgIpc) is 2.68. The monoisotopic (exact) mass is 381 g/mol. The highest BCUT2D eigenvalue weighted by Crippen LogP contribution is 2.11. The van der Waals surface area contributed by atoms with Gasteiger partial charge in [0.05, 0.1) is 13.2 Å². The van der Waals surface area contributed by atoms with Crippen molar-refractivity contribution in [1.29, 1.82) is 0 Å². The van der Waals surface area contributed by atoms with Crippen LogP contribution in [0.3, 0.4) is 0 Å². The van der Waals surface area contributed by atoms with Crippen molar-refractivity contribution in [3.8, 4) is 0 Å². The molecule has 4 heteroatoms. The van der Waals surface area contributed by atoms with Crippen LogP contribution in [-0.2, 0) is 14.3 Å². The molecule has 4 nitrogen and oxygen atoms in total. The molecule has 1 atom stereocenters. The molecular formula is C23H43NO3. The molecule has 1 unspecified atom stereocenters. The van der Waals surface area contributed by atoms with Crippen molar-refractivity contribution < 1.29 is 14.3 Å². The maximum absolute atomic E-state index is 11.9. The molecule has 0 saturated carbocycles. The number of nitrogens with two attached hydrogens (primary N) is 1. The van der Waals surface area contributed by atoms with Crippen molar-refractivity contribution in [3.05, 3.63) is 12.2 Å². The van der Waals surface area contributed by atoms with Crippen LogP contribution in [0, 0.1) is 0 Å². The summed E-state index contributed by atoms with van der Waals surface area (Å²) in [5, 5.41) is 0. The van der Waals surface area contributed by atoms with Crippen LogP contribution >= 0.6 is 0 Å². The number of unbranched alkanes of at least 4 members (excludes halogenated alkanes) is 11. The summed E-state index contributed by atoms with van der Waals surface area (Å²) in [6, 6.07) is -0.527. The summed E-state index contributed by atoms with van der Waals surface area (Å²) in [7, 11) is 1.35. The second-order valence-electron chi connectivity index (χ2n) is 7.52. The lowest BCUT2D eigenvalue weighted by Gasteiger charge is -2.09. The lowest BCUT2D eigenvalue weighted by atomic mass is 10.0. The third-order valence-electron chi connectivity index (χ3n) is 4.99. The van der Waals surface area contributed by atoms with Crippen LogP contribution in [0.1, 0.15) is 110 Å². The normalized spacial score (nSPS) is 12.4. The molecule has 0 aliphatic heterocycles. The fourth-order valence-electron chi connectivity index (χ4n) is 3.09. The van der Waals surface area contributed by atoms with Crippen LogP contribution in [0.25, 0.3) is 0 Å². The topological polar surface area (TPSA) is 69.4 Å². The first-order valence-electron chi connectivity index (χ1n) is 11.1. The van der Waals surface area contributed by atoms with E-state index in [-0.39, 0.29) is 18.2 Å². The predicted molar refractivity (Wildman–Crippen MR) is 114 cm³/mol. The highest BCUT2D eigenvalue weighted by Gasteiger charge is 2.14. The van der Waals surface area contributed by atoms with Gasteiger partial charge < -0.3 is 10.5 Å². The molecular weight excluding hydrogens is 338 g/mol. The van der Waals surface area contributed by atoms with Crippen molar-refractivity contribution in [2.24, 2.45) is 5.73 Å². The quantitative estimate of drug-likeness (QED) is 0.172. The van der Waals surface area contributed by atoms with Gasteiger partial charge in [-0.3, -0.25) is 9.59 Å². The number of ketones is 1. The molecule has 0 aliphatic carbocycles. The van der Waals surface area contributed by atoms with Crippen LogP contribution in [0.4, 0.5) is 0 Å². The Hall–Kier alpha value is -1.16. The molecule has 0 aliphatic rings. The van der Waals surface area contributed by atoms with E-state index in [9.17, 15) is 9.59 Å². The molecule has 158 valence electrons. The minimum atomic E-state index is -0.527. The summed E-state index contributed by atoms with van der Waals surface area (Å²) >= 11 is 0. The van der Waals surface area contributed by atoms with Gasteiger partial charge in [0, 0.05) is 12.8 Å². The Morgan fingerprint density at radius 1 is 0.815 bits per heavy atom. The molecule has 0 amide bonds. The molecule has 0 saturated heterocycles. The zero-order valence-corrected chi connectivity index (χ0v) is 17.8. The van der Waals surface area contributed by atoms with Crippen LogP contribution in [0.15, 0.2) is 12.2 Å². The highest BCUT2D eigenvalue weighted by atomic mass is 16.5. The smallest absolute Gasteiger partial charge is 0.305 e. The molecule has 0 spiro atoms. The summed E-state index contributed by atoms with van der Waals surface area (Å²) in [6.45, 7) is 2.26. The van der Waals surface area contributed by atoms with Crippen LogP contribution in [0.2, 0.25) is 0 Å². The van der Waals surface area contributed by atoms with Gasteiger partial charge in [0.2, 0.25) is 0 Å². The maximum Gasteiger partial charge on any atom is 0.305 e. The Balaban J connectivity index is 3.37. The molecule has 0 rings (SSSR count). The van der Waals surface area contributed by atoms with Crippen LogP contribution in [-0.4, -0.2) is 24.9 Å². The summed E-state index contributed by atoms with van der Waals surface area (Å²) in [5.74, 6) is -0.240. The van der Waals surface area contributed by atoms with Crippen molar-refractivity contribution in [2.75, 3.05) is 7.11 Å². The SMILES string of the molecule is CCCCCCCC/C=C\CCCCCCCC(=O)C(N)CCC(=O)OC.